The summed E-state index contributed by atoms with van der Waals surface area (Å²) < 4.78 is 5.15. The summed E-state index contributed by atoms with van der Waals surface area (Å²) in [6.07, 6.45) is 3.84. The van der Waals surface area contributed by atoms with Crippen molar-refractivity contribution in [2.75, 3.05) is 6.61 Å². The van der Waals surface area contributed by atoms with Crippen LogP contribution in [0.2, 0.25) is 0 Å². The van der Waals surface area contributed by atoms with Crippen LogP contribution in [0, 0.1) is 5.92 Å². The lowest BCUT2D eigenvalue weighted by Gasteiger charge is -2.14. The predicted molar refractivity (Wildman–Crippen MR) is 54.3 cm³/mol. The molecule has 4 heteroatoms. The van der Waals surface area contributed by atoms with E-state index in [0.29, 0.717) is 6.42 Å². The SMILES string of the molecule is C[C@H]1OCC(=O)[C@H]1NC(=O)CCC1CC1. The van der Waals surface area contributed by atoms with E-state index in [-0.39, 0.29) is 24.4 Å². The fourth-order valence-corrected chi connectivity index (χ4v) is 1.85. The first-order chi connectivity index (χ1) is 7.16. The summed E-state index contributed by atoms with van der Waals surface area (Å²) in [7, 11) is 0. The van der Waals surface area contributed by atoms with Gasteiger partial charge >= 0.3 is 0 Å². The van der Waals surface area contributed by atoms with E-state index in [1.165, 1.54) is 12.8 Å². The molecule has 1 heterocycles. The van der Waals surface area contributed by atoms with Crippen molar-refractivity contribution >= 4 is 11.7 Å². The Morgan fingerprint density at radius 1 is 1.53 bits per heavy atom. The Hall–Kier alpha value is -0.900. The number of nitrogens with one attached hydrogen (secondary N) is 1. The molecular formula is C11H17NO3. The summed E-state index contributed by atoms with van der Waals surface area (Å²) in [5.41, 5.74) is 0. The van der Waals surface area contributed by atoms with Crippen LogP contribution >= 0.6 is 0 Å². The Labute approximate surface area is 89.4 Å². The molecule has 2 atom stereocenters. The standard InChI is InChI=1S/C11H17NO3/c1-7-11(9(13)6-15-7)12-10(14)5-4-8-2-3-8/h7-8,11H,2-6H2,1H3,(H,12,14)/t7-,11+/m1/s1. The molecule has 0 unspecified atom stereocenters. The molecule has 1 saturated carbocycles. The van der Waals surface area contributed by atoms with Crippen LogP contribution in [-0.2, 0) is 14.3 Å². The van der Waals surface area contributed by atoms with Crippen molar-refractivity contribution < 1.29 is 14.3 Å². The molecule has 4 nitrogen and oxygen atoms in total. The van der Waals surface area contributed by atoms with E-state index >= 15 is 0 Å². The maximum atomic E-state index is 11.5. The van der Waals surface area contributed by atoms with Gasteiger partial charge in [-0.05, 0) is 19.3 Å². The molecule has 0 aromatic heterocycles. The minimum absolute atomic E-state index is 0.0118. The maximum absolute atomic E-state index is 11.5. The van der Waals surface area contributed by atoms with E-state index < -0.39 is 6.04 Å². The zero-order valence-electron chi connectivity index (χ0n) is 8.99. The third-order valence-corrected chi connectivity index (χ3v) is 3.10. The summed E-state index contributed by atoms with van der Waals surface area (Å²) in [5.74, 6) is 0.726. The molecule has 15 heavy (non-hydrogen) atoms. The molecule has 0 bridgehead atoms. The monoisotopic (exact) mass is 211 g/mol. The molecule has 1 N–H and O–H groups in total. The number of ether oxygens (including phenoxy) is 1. The van der Waals surface area contributed by atoms with Crippen LogP contribution < -0.4 is 5.32 Å². The lowest BCUT2D eigenvalue weighted by atomic mass is 10.1. The van der Waals surface area contributed by atoms with Crippen molar-refractivity contribution in [1.82, 2.24) is 5.32 Å². The summed E-state index contributed by atoms with van der Waals surface area (Å²) in [5, 5.41) is 2.75. The highest BCUT2D eigenvalue weighted by Gasteiger charge is 2.33. The van der Waals surface area contributed by atoms with Crippen LogP contribution in [0.4, 0.5) is 0 Å². The molecule has 84 valence electrons. The van der Waals surface area contributed by atoms with Crippen LogP contribution in [0.25, 0.3) is 0 Å². The summed E-state index contributed by atoms with van der Waals surface area (Å²) >= 11 is 0. The number of Topliss-reactive ketones (excluding diaryl/α,β-unsaturated/α-hetero) is 1. The molecule has 0 radical (unpaired) electrons. The van der Waals surface area contributed by atoms with Gasteiger partial charge in [0.1, 0.15) is 12.6 Å². The summed E-state index contributed by atoms with van der Waals surface area (Å²) in [6, 6.07) is -0.420. The Bertz CT molecular complexity index is 273. The maximum Gasteiger partial charge on any atom is 0.220 e. The molecule has 0 spiro atoms. The van der Waals surface area contributed by atoms with Gasteiger partial charge in [0, 0.05) is 6.42 Å². The Kier molecular flexibility index (Phi) is 3.05. The molecule has 1 aliphatic heterocycles. The molecule has 2 fully saturated rings. The number of hydrogen-bond donors (Lipinski definition) is 1. The van der Waals surface area contributed by atoms with Crippen LogP contribution in [0.5, 0.6) is 0 Å². The van der Waals surface area contributed by atoms with Crippen LogP contribution in [0.1, 0.15) is 32.6 Å². The second-order valence-corrected chi connectivity index (χ2v) is 4.51. The van der Waals surface area contributed by atoms with E-state index in [0.717, 1.165) is 12.3 Å². The van der Waals surface area contributed by atoms with Crippen molar-refractivity contribution in [2.45, 2.75) is 44.8 Å². The van der Waals surface area contributed by atoms with Crippen molar-refractivity contribution in [1.29, 1.82) is 0 Å². The van der Waals surface area contributed by atoms with Crippen molar-refractivity contribution in [3.63, 3.8) is 0 Å². The van der Waals surface area contributed by atoms with Gasteiger partial charge in [-0.2, -0.15) is 0 Å². The molecule has 0 aromatic rings. The van der Waals surface area contributed by atoms with Gasteiger partial charge in [0.25, 0.3) is 0 Å². The average molecular weight is 211 g/mol. The molecule has 2 aliphatic rings. The summed E-state index contributed by atoms with van der Waals surface area (Å²) in [4.78, 5) is 22.8. The second-order valence-electron chi connectivity index (χ2n) is 4.51. The van der Waals surface area contributed by atoms with Crippen LogP contribution in [-0.4, -0.2) is 30.4 Å². The molecule has 0 aromatic carbocycles. The van der Waals surface area contributed by atoms with Gasteiger partial charge in [-0.25, -0.2) is 0 Å². The topological polar surface area (TPSA) is 55.4 Å². The van der Waals surface area contributed by atoms with Crippen molar-refractivity contribution in [2.24, 2.45) is 5.92 Å². The number of hydrogen-bond acceptors (Lipinski definition) is 3. The summed E-state index contributed by atoms with van der Waals surface area (Å²) in [6.45, 7) is 1.95. The second kappa shape index (κ2) is 4.31. The highest BCUT2D eigenvalue weighted by molar-refractivity contribution is 5.91. The highest BCUT2D eigenvalue weighted by atomic mass is 16.5. The first-order valence-corrected chi connectivity index (χ1v) is 5.60. The number of amides is 1. The van der Waals surface area contributed by atoms with E-state index in [2.05, 4.69) is 5.32 Å². The lowest BCUT2D eigenvalue weighted by molar-refractivity contribution is -0.126. The smallest absolute Gasteiger partial charge is 0.220 e. The van der Waals surface area contributed by atoms with E-state index in [1.54, 1.807) is 0 Å². The first-order valence-electron chi connectivity index (χ1n) is 5.60. The van der Waals surface area contributed by atoms with Crippen molar-refractivity contribution in [3.8, 4) is 0 Å². The molecule has 1 amide bonds. The normalized spacial score (nSPS) is 30.6. The van der Waals surface area contributed by atoms with Crippen molar-refractivity contribution in [3.05, 3.63) is 0 Å². The Morgan fingerprint density at radius 3 is 2.80 bits per heavy atom. The molecule has 1 aliphatic carbocycles. The van der Waals surface area contributed by atoms with E-state index in [1.807, 2.05) is 6.92 Å². The highest BCUT2D eigenvalue weighted by Crippen LogP contribution is 2.33. The van der Waals surface area contributed by atoms with Gasteiger partial charge in [0.2, 0.25) is 5.91 Å². The Morgan fingerprint density at radius 2 is 2.27 bits per heavy atom. The van der Waals surface area contributed by atoms with E-state index in [4.69, 9.17) is 4.74 Å². The van der Waals surface area contributed by atoms with Gasteiger partial charge < -0.3 is 10.1 Å². The minimum Gasteiger partial charge on any atom is -0.368 e. The van der Waals surface area contributed by atoms with Gasteiger partial charge in [-0.3, -0.25) is 9.59 Å². The number of carbonyl (C=O) groups excluding carboxylic acids is 2. The quantitative estimate of drug-likeness (QED) is 0.742. The predicted octanol–water partition coefficient (Wildman–Crippen LogP) is 0.649. The Balaban J connectivity index is 1.74. The zero-order valence-corrected chi connectivity index (χ0v) is 8.99. The zero-order chi connectivity index (χ0) is 10.8. The van der Waals surface area contributed by atoms with Crippen LogP contribution in [0.15, 0.2) is 0 Å². The first kappa shape index (κ1) is 10.6. The minimum atomic E-state index is -0.420. The third-order valence-electron chi connectivity index (χ3n) is 3.10. The van der Waals surface area contributed by atoms with Gasteiger partial charge in [-0.1, -0.05) is 12.8 Å². The number of ketones is 1. The largest absolute Gasteiger partial charge is 0.368 e. The molecular weight excluding hydrogens is 194 g/mol. The van der Waals surface area contributed by atoms with Gasteiger partial charge in [-0.15, -0.1) is 0 Å². The third kappa shape index (κ3) is 2.78. The fraction of sp³-hybridized carbons (Fsp3) is 0.818. The van der Waals surface area contributed by atoms with Crippen LogP contribution in [0.3, 0.4) is 0 Å². The van der Waals surface area contributed by atoms with E-state index in [9.17, 15) is 9.59 Å². The number of carbonyl (C=O) groups is 2. The average Bonchev–Trinajstić information content (AvgIpc) is 2.98. The fourth-order valence-electron chi connectivity index (χ4n) is 1.85. The number of rotatable bonds is 4. The molecule has 1 saturated heterocycles. The van der Waals surface area contributed by atoms with Gasteiger partial charge in [0.15, 0.2) is 5.78 Å². The molecule has 2 rings (SSSR count). The lowest BCUT2D eigenvalue weighted by Crippen LogP contribution is -2.43. The van der Waals surface area contributed by atoms with Gasteiger partial charge in [0.05, 0.1) is 6.10 Å².